The highest BCUT2D eigenvalue weighted by Crippen LogP contribution is 2.19. The van der Waals surface area contributed by atoms with Crippen molar-refractivity contribution in [3.05, 3.63) is 115 Å². The molecular weight excluding hydrogens is 896 g/mol. The second kappa shape index (κ2) is 25.8. The minimum absolute atomic E-state index is 0.145. The van der Waals surface area contributed by atoms with Gasteiger partial charge in [0.05, 0.1) is 24.8 Å². The lowest BCUT2D eigenvalue weighted by Crippen LogP contribution is -2.38. The number of rotatable bonds is 8. The number of amides is 8. The van der Waals surface area contributed by atoms with Gasteiger partial charge in [0.15, 0.2) is 0 Å². The maximum absolute atomic E-state index is 11.8. The normalized spacial score (nSPS) is 11.6. The van der Waals surface area contributed by atoms with Crippen molar-refractivity contribution >= 4 is 119 Å². The van der Waals surface area contributed by atoms with E-state index in [2.05, 4.69) is 75.6 Å². The summed E-state index contributed by atoms with van der Waals surface area (Å²) in [5, 5.41) is 36.6. The van der Waals surface area contributed by atoms with Crippen molar-refractivity contribution in [1.29, 1.82) is 0 Å². The van der Waals surface area contributed by atoms with Crippen molar-refractivity contribution in [3.63, 3.8) is 0 Å². The van der Waals surface area contributed by atoms with Crippen molar-refractivity contribution in [1.82, 2.24) is 43.7 Å². The molecule has 0 aliphatic heterocycles. The largest absolute Gasteiger partial charge is 0.335 e. The number of carbonyl (C=O) groups is 4. The minimum atomic E-state index is -0.339. The molecule has 62 heavy (non-hydrogen) atoms. The molecule has 20 nitrogen and oxygen atoms in total. The first-order valence-electron chi connectivity index (χ1n) is 18.4. The molecule has 1 aliphatic carbocycles. The van der Waals surface area contributed by atoms with Gasteiger partial charge < -0.3 is 16.0 Å². The fraction of sp³-hybridized carbons (Fsp3) is 0.189. The number of halogens is 1. The third-order valence-electron chi connectivity index (χ3n) is 7.91. The molecule has 0 unspecified atom stereocenters. The van der Waals surface area contributed by atoms with E-state index >= 15 is 0 Å². The number of nitrogens with one attached hydrogen (secondary N) is 7. The van der Waals surface area contributed by atoms with E-state index in [1.807, 2.05) is 60.7 Å². The van der Waals surface area contributed by atoms with Gasteiger partial charge in [0, 0.05) is 81.3 Å². The second-order valence-electron chi connectivity index (χ2n) is 12.4. The summed E-state index contributed by atoms with van der Waals surface area (Å²) in [6.45, 7) is 0. The summed E-state index contributed by atoms with van der Waals surface area (Å²) in [4.78, 5) is 47.7. The first-order valence-corrected chi connectivity index (χ1v) is 21.9. The maximum Gasteiger partial charge on any atom is 0.326 e. The fourth-order valence-corrected chi connectivity index (χ4v) is 6.81. The zero-order valence-electron chi connectivity index (χ0n) is 32.7. The Bertz CT molecular complexity index is 2320. The molecule has 1 fully saturated rings. The molecule has 0 radical (unpaired) electrons. The molecule has 8 rings (SSSR count). The van der Waals surface area contributed by atoms with E-state index in [0.717, 1.165) is 58.8 Å². The topological polar surface area (TPSA) is 259 Å². The molecule has 4 aromatic heterocycles. The van der Waals surface area contributed by atoms with Gasteiger partial charge in [0.25, 0.3) is 0 Å². The van der Waals surface area contributed by atoms with Crippen LogP contribution in [-0.2, 0) is 0 Å². The van der Waals surface area contributed by atoms with Crippen LogP contribution in [0.4, 0.5) is 56.2 Å². The van der Waals surface area contributed by atoms with Gasteiger partial charge in [-0.15, -0.1) is 20.4 Å². The average Bonchev–Trinajstić information content (AvgIpc) is 4.15. The molecule has 322 valence electrons. The predicted molar refractivity (Wildman–Crippen MR) is 246 cm³/mol. The van der Waals surface area contributed by atoms with Crippen LogP contribution in [0, 0.1) is 0 Å². The van der Waals surface area contributed by atoms with Crippen molar-refractivity contribution in [2.45, 2.75) is 38.1 Å². The maximum atomic E-state index is 11.8. The van der Waals surface area contributed by atoms with Gasteiger partial charge in [-0.25, -0.2) is 19.2 Å². The summed E-state index contributed by atoms with van der Waals surface area (Å²) in [5.41, 5.74) is 2.24. The SMILES string of the molecule is CN(C(=O)Nc1cnns1)c1ccccc1.O=C(Nc1ccc(Cl)cc1)Nc1cnns1.O=C(Nc1ccccc1)Nc1cnns1.O=C(Nc1cnns1)NC1CCCCC1. The Morgan fingerprint density at radius 1 is 0.532 bits per heavy atom. The Hall–Kier alpha value is -6.73. The Kier molecular flexibility index (Phi) is 19.3. The molecule has 0 saturated heterocycles. The number of para-hydroxylation sites is 2. The van der Waals surface area contributed by atoms with Crippen LogP contribution in [0.5, 0.6) is 0 Å². The van der Waals surface area contributed by atoms with Gasteiger partial charge in [-0.1, -0.05) is 85.2 Å². The molecule has 0 atom stereocenters. The van der Waals surface area contributed by atoms with Gasteiger partial charge in [-0.3, -0.25) is 26.2 Å². The number of hydrogen-bond acceptors (Lipinski definition) is 16. The summed E-state index contributed by atoms with van der Waals surface area (Å²) in [5.74, 6) is 0. The molecule has 1 saturated carbocycles. The number of carbonyl (C=O) groups excluding carboxylic acids is 4. The highest BCUT2D eigenvalue weighted by Gasteiger charge is 2.16. The number of urea groups is 4. The van der Waals surface area contributed by atoms with Gasteiger partial charge in [-0.2, -0.15) is 0 Å². The van der Waals surface area contributed by atoms with E-state index in [-0.39, 0.29) is 24.1 Å². The van der Waals surface area contributed by atoms with E-state index in [1.165, 1.54) is 54.3 Å². The number of hydrogen-bond donors (Lipinski definition) is 7. The molecule has 0 bridgehead atoms. The predicted octanol–water partition coefficient (Wildman–Crippen LogP) is 9.22. The quantitative estimate of drug-likeness (QED) is 0.0752. The Morgan fingerprint density at radius 2 is 0.952 bits per heavy atom. The molecule has 1 aliphatic rings. The van der Waals surface area contributed by atoms with Gasteiger partial charge >= 0.3 is 24.1 Å². The highest BCUT2D eigenvalue weighted by atomic mass is 35.5. The number of nitrogens with zero attached hydrogens (tertiary/aromatic N) is 9. The lowest BCUT2D eigenvalue weighted by atomic mass is 9.96. The minimum Gasteiger partial charge on any atom is -0.335 e. The van der Waals surface area contributed by atoms with E-state index in [9.17, 15) is 19.2 Å². The van der Waals surface area contributed by atoms with Crippen molar-refractivity contribution < 1.29 is 19.2 Å². The lowest BCUT2D eigenvalue weighted by molar-refractivity contribution is 0.244. The molecular formula is C37H39ClN16O4S4. The van der Waals surface area contributed by atoms with Crippen LogP contribution >= 0.6 is 57.7 Å². The zero-order chi connectivity index (χ0) is 43.8. The van der Waals surface area contributed by atoms with Crippen molar-refractivity contribution in [2.75, 3.05) is 43.8 Å². The zero-order valence-corrected chi connectivity index (χ0v) is 36.7. The molecule has 7 aromatic rings. The smallest absolute Gasteiger partial charge is 0.326 e. The van der Waals surface area contributed by atoms with Crippen LogP contribution in [-0.4, -0.2) is 75.6 Å². The summed E-state index contributed by atoms with van der Waals surface area (Å²) in [6, 6.07) is 24.8. The lowest BCUT2D eigenvalue weighted by Gasteiger charge is -2.22. The van der Waals surface area contributed by atoms with Gasteiger partial charge in [0.2, 0.25) is 0 Å². The Balaban J connectivity index is 0.000000156. The third kappa shape index (κ3) is 17.5. The van der Waals surface area contributed by atoms with Crippen molar-refractivity contribution in [3.8, 4) is 0 Å². The van der Waals surface area contributed by atoms with Crippen molar-refractivity contribution in [2.24, 2.45) is 0 Å². The summed E-state index contributed by atoms with van der Waals surface area (Å²) >= 11 is 10.3. The molecule has 4 heterocycles. The number of anilines is 7. The van der Waals surface area contributed by atoms with E-state index in [0.29, 0.717) is 36.8 Å². The third-order valence-corrected chi connectivity index (χ3v) is 10.5. The van der Waals surface area contributed by atoms with Crippen LogP contribution in [0.2, 0.25) is 5.02 Å². The van der Waals surface area contributed by atoms with Gasteiger partial charge in [-0.05, 0) is 61.4 Å². The molecule has 0 spiro atoms. The number of benzene rings is 3. The van der Waals surface area contributed by atoms with Crippen LogP contribution < -0.4 is 42.1 Å². The van der Waals surface area contributed by atoms with Gasteiger partial charge in [0.1, 0.15) is 20.0 Å². The molecule has 3 aromatic carbocycles. The molecule has 7 N–H and O–H groups in total. The first-order chi connectivity index (χ1) is 30.2. The summed E-state index contributed by atoms with van der Waals surface area (Å²) in [7, 11) is 1.71. The summed E-state index contributed by atoms with van der Waals surface area (Å²) in [6.07, 6.45) is 11.9. The first kappa shape index (κ1) is 46.3. The van der Waals surface area contributed by atoms with Crippen LogP contribution in [0.15, 0.2) is 110 Å². The molecule has 25 heteroatoms. The summed E-state index contributed by atoms with van der Waals surface area (Å²) < 4.78 is 14.6. The van der Waals surface area contributed by atoms with Crippen LogP contribution in [0.1, 0.15) is 32.1 Å². The second-order valence-corrected chi connectivity index (χ2v) is 16.0. The fourth-order valence-electron chi connectivity index (χ4n) is 5.03. The molecule has 8 amide bonds. The highest BCUT2D eigenvalue weighted by molar-refractivity contribution is 7.10. The monoisotopic (exact) mass is 934 g/mol. The Morgan fingerprint density at radius 3 is 1.40 bits per heavy atom. The van der Waals surface area contributed by atoms with E-state index in [4.69, 9.17) is 11.6 Å². The van der Waals surface area contributed by atoms with E-state index < -0.39 is 0 Å². The van der Waals surface area contributed by atoms with Crippen LogP contribution in [0.3, 0.4) is 0 Å². The number of aromatic nitrogens is 8. The average molecular weight is 936 g/mol. The van der Waals surface area contributed by atoms with Crippen LogP contribution in [0.25, 0.3) is 0 Å². The Labute approximate surface area is 376 Å². The standard InChI is InChI=1S/C10H10N4OS.C9H7ClN4OS.C9H14N4OS.C9H8N4OS/c1-14(8-5-3-2-4-6-8)10(15)12-9-7-11-13-16-9;10-6-1-3-7(4-2-6)12-9(15)13-8-5-11-14-16-8;2*14-9(12-8-6-10-13-15-8)11-7-4-2-1-3-5-7/h2-7H,1H3,(H,12,15);1-5H,(H2,12,13,15);6-7H,1-5H2,(H2,11,12,14);1-6H,(H2,11,12,14). The van der Waals surface area contributed by atoms with E-state index in [1.54, 1.807) is 37.5 Å².